The fourth-order valence-corrected chi connectivity index (χ4v) is 4.26. The lowest BCUT2D eigenvalue weighted by atomic mass is 10.1. The van der Waals surface area contributed by atoms with Crippen LogP contribution in [-0.2, 0) is 12.8 Å². The molecule has 0 bridgehead atoms. The number of rotatable bonds is 6. The standard InChI is InChI=1S/C20H26N2O3S/c1-6-24-17-9-14-8-12(4)25-16(14)10-15(17)22-20(23)19-13(5)21-18(26-19)7-11(2)3/h9-12H,6-8H2,1-5H3,(H,22,23). The third-order valence-electron chi connectivity index (χ3n) is 4.18. The second-order valence-corrected chi connectivity index (χ2v) is 8.18. The number of ether oxygens (including phenoxy) is 2. The van der Waals surface area contributed by atoms with Crippen LogP contribution in [0.4, 0.5) is 5.69 Å². The molecular formula is C20H26N2O3S. The summed E-state index contributed by atoms with van der Waals surface area (Å²) >= 11 is 1.47. The van der Waals surface area contributed by atoms with E-state index in [1.807, 2.05) is 32.9 Å². The second-order valence-electron chi connectivity index (χ2n) is 7.10. The number of fused-ring (bicyclic) bond motifs is 1. The first-order valence-electron chi connectivity index (χ1n) is 9.11. The van der Waals surface area contributed by atoms with Gasteiger partial charge in [-0.2, -0.15) is 0 Å². The minimum atomic E-state index is -0.151. The molecule has 0 radical (unpaired) electrons. The molecule has 0 saturated carbocycles. The number of thiazole rings is 1. The van der Waals surface area contributed by atoms with E-state index in [-0.39, 0.29) is 12.0 Å². The summed E-state index contributed by atoms with van der Waals surface area (Å²) in [7, 11) is 0. The van der Waals surface area contributed by atoms with E-state index in [0.717, 1.165) is 34.9 Å². The molecule has 1 aromatic heterocycles. The van der Waals surface area contributed by atoms with Gasteiger partial charge in [-0.1, -0.05) is 13.8 Å². The molecule has 2 aromatic rings. The van der Waals surface area contributed by atoms with Crippen LogP contribution in [-0.4, -0.2) is 23.6 Å². The monoisotopic (exact) mass is 374 g/mol. The molecule has 1 aliphatic rings. The second kappa shape index (κ2) is 7.66. The Labute approximate surface area is 158 Å². The first-order chi connectivity index (χ1) is 12.4. The van der Waals surface area contributed by atoms with Gasteiger partial charge in [0.05, 0.1) is 23.0 Å². The average molecular weight is 375 g/mol. The predicted octanol–water partition coefficient (Wildman–Crippen LogP) is 4.62. The Kier molecular flexibility index (Phi) is 5.51. The summed E-state index contributed by atoms with van der Waals surface area (Å²) in [4.78, 5) is 18.0. The zero-order valence-corrected chi connectivity index (χ0v) is 16.8. The summed E-state index contributed by atoms with van der Waals surface area (Å²) in [6.07, 6.45) is 1.89. The van der Waals surface area contributed by atoms with Gasteiger partial charge in [0.15, 0.2) is 0 Å². The number of aryl methyl sites for hydroxylation is 1. The van der Waals surface area contributed by atoms with Crippen molar-refractivity contribution in [3.8, 4) is 11.5 Å². The Bertz CT molecular complexity index is 814. The summed E-state index contributed by atoms with van der Waals surface area (Å²) in [5.41, 5.74) is 2.53. The van der Waals surface area contributed by atoms with Crippen LogP contribution >= 0.6 is 11.3 Å². The van der Waals surface area contributed by atoms with Crippen molar-refractivity contribution in [2.75, 3.05) is 11.9 Å². The number of aromatic nitrogens is 1. The molecule has 5 nitrogen and oxygen atoms in total. The zero-order valence-electron chi connectivity index (χ0n) is 16.0. The Hall–Kier alpha value is -2.08. The fourth-order valence-electron chi connectivity index (χ4n) is 3.09. The van der Waals surface area contributed by atoms with Gasteiger partial charge in [-0.15, -0.1) is 11.3 Å². The van der Waals surface area contributed by atoms with Gasteiger partial charge in [-0.05, 0) is 32.8 Å². The molecule has 140 valence electrons. The Morgan fingerprint density at radius 2 is 2.23 bits per heavy atom. The van der Waals surface area contributed by atoms with Crippen LogP contribution in [0.5, 0.6) is 11.5 Å². The van der Waals surface area contributed by atoms with Crippen LogP contribution in [0.3, 0.4) is 0 Å². The van der Waals surface area contributed by atoms with Crippen LogP contribution in [0.1, 0.15) is 53.6 Å². The van der Waals surface area contributed by atoms with E-state index in [4.69, 9.17) is 9.47 Å². The quantitative estimate of drug-likeness (QED) is 0.801. The van der Waals surface area contributed by atoms with Crippen molar-refractivity contribution < 1.29 is 14.3 Å². The molecule has 1 aliphatic heterocycles. The van der Waals surface area contributed by atoms with Gasteiger partial charge in [-0.25, -0.2) is 4.98 Å². The number of hydrogen-bond acceptors (Lipinski definition) is 5. The minimum Gasteiger partial charge on any atom is -0.492 e. The molecule has 0 aliphatic carbocycles. The summed E-state index contributed by atoms with van der Waals surface area (Å²) in [5, 5.41) is 3.99. The predicted molar refractivity (Wildman–Crippen MR) is 105 cm³/mol. The van der Waals surface area contributed by atoms with E-state index in [2.05, 4.69) is 24.1 Å². The van der Waals surface area contributed by atoms with E-state index in [1.54, 1.807) is 0 Å². The molecule has 2 heterocycles. The van der Waals surface area contributed by atoms with Crippen LogP contribution in [0.25, 0.3) is 0 Å². The van der Waals surface area contributed by atoms with Gasteiger partial charge < -0.3 is 14.8 Å². The van der Waals surface area contributed by atoms with Crippen molar-refractivity contribution in [2.45, 2.75) is 53.6 Å². The molecule has 1 atom stereocenters. The number of benzene rings is 1. The molecule has 0 spiro atoms. The summed E-state index contributed by atoms with van der Waals surface area (Å²) in [6, 6.07) is 3.84. The number of nitrogens with one attached hydrogen (secondary N) is 1. The van der Waals surface area contributed by atoms with Gasteiger partial charge >= 0.3 is 0 Å². The van der Waals surface area contributed by atoms with E-state index >= 15 is 0 Å². The van der Waals surface area contributed by atoms with Crippen molar-refractivity contribution >= 4 is 22.9 Å². The van der Waals surface area contributed by atoms with E-state index in [0.29, 0.717) is 28.8 Å². The minimum absolute atomic E-state index is 0.146. The van der Waals surface area contributed by atoms with E-state index in [1.165, 1.54) is 11.3 Å². The topological polar surface area (TPSA) is 60.5 Å². The number of anilines is 1. The molecule has 0 saturated heterocycles. The molecule has 0 fully saturated rings. The number of carbonyl (C=O) groups excluding carboxylic acids is 1. The highest BCUT2D eigenvalue weighted by atomic mass is 32.1. The van der Waals surface area contributed by atoms with Gasteiger partial charge in [0.25, 0.3) is 5.91 Å². The summed E-state index contributed by atoms with van der Waals surface area (Å²) in [6.45, 7) is 10.7. The Balaban J connectivity index is 1.85. The van der Waals surface area contributed by atoms with Crippen LogP contribution in [0.2, 0.25) is 0 Å². The molecule has 1 unspecified atom stereocenters. The first-order valence-corrected chi connectivity index (χ1v) is 9.93. The lowest BCUT2D eigenvalue weighted by Crippen LogP contribution is -2.13. The maximum atomic E-state index is 12.8. The Morgan fingerprint density at radius 1 is 1.46 bits per heavy atom. The molecule has 6 heteroatoms. The van der Waals surface area contributed by atoms with Gasteiger partial charge in [0, 0.05) is 24.5 Å². The van der Waals surface area contributed by atoms with Crippen molar-refractivity contribution in [1.82, 2.24) is 4.98 Å². The average Bonchev–Trinajstić information content (AvgIpc) is 3.08. The highest BCUT2D eigenvalue weighted by molar-refractivity contribution is 7.13. The highest BCUT2D eigenvalue weighted by Gasteiger charge is 2.24. The van der Waals surface area contributed by atoms with Crippen LogP contribution in [0.15, 0.2) is 12.1 Å². The molecule has 26 heavy (non-hydrogen) atoms. The normalized spacial score (nSPS) is 15.7. The third-order valence-corrected chi connectivity index (χ3v) is 5.35. The maximum Gasteiger partial charge on any atom is 0.267 e. The largest absolute Gasteiger partial charge is 0.492 e. The van der Waals surface area contributed by atoms with Crippen molar-refractivity contribution in [2.24, 2.45) is 5.92 Å². The van der Waals surface area contributed by atoms with Crippen molar-refractivity contribution in [3.05, 3.63) is 33.3 Å². The van der Waals surface area contributed by atoms with Crippen LogP contribution in [0, 0.1) is 12.8 Å². The SMILES string of the molecule is CCOc1cc2c(cc1NC(=O)c1sc(CC(C)C)nc1C)OC(C)C2. The lowest BCUT2D eigenvalue weighted by molar-refractivity contribution is 0.102. The van der Waals surface area contributed by atoms with Crippen molar-refractivity contribution in [1.29, 1.82) is 0 Å². The van der Waals surface area contributed by atoms with Gasteiger partial charge in [-0.3, -0.25) is 4.79 Å². The zero-order chi connectivity index (χ0) is 18.8. The molecular weight excluding hydrogens is 348 g/mol. The number of nitrogens with zero attached hydrogens (tertiary/aromatic N) is 1. The first kappa shape index (κ1) is 18.7. The van der Waals surface area contributed by atoms with Gasteiger partial charge in [0.1, 0.15) is 22.5 Å². The number of amides is 1. The smallest absolute Gasteiger partial charge is 0.267 e. The molecule has 3 rings (SSSR count). The maximum absolute atomic E-state index is 12.8. The Morgan fingerprint density at radius 3 is 2.92 bits per heavy atom. The van der Waals surface area contributed by atoms with Crippen LogP contribution < -0.4 is 14.8 Å². The molecule has 1 N–H and O–H groups in total. The van der Waals surface area contributed by atoms with Crippen molar-refractivity contribution in [3.63, 3.8) is 0 Å². The molecule has 1 aromatic carbocycles. The third kappa shape index (κ3) is 4.01. The summed E-state index contributed by atoms with van der Waals surface area (Å²) < 4.78 is 11.6. The number of hydrogen-bond donors (Lipinski definition) is 1. The van der Waals surface area contributed by atoms with E-state index in [9.17, 15) is 4.79 Å². The highest BCUT2D eigenvalue weighted by Crippen LogP contribution is 2.38. The summed E-state index contributed by atoms with van der Waals surface area (Å²) in [5.74, 6) is 1.86. The van der Waals surface area contributed by atoms with E-state index < -0.39 is 0 Å². The number of carbonyl (C=O) groups is 1. The lowest BCUT2D eigenvalue weighted by Gasteiger charge is -2.13. The fraction of sp³-hybridized carbons (Fsp3) is 0.500. The molecule has 1 amide bonds. The van der Waals surface area contributed by atoms with Gasteiger partial charge in [0.2, 0.25) is 0 Å².